The Bertz CT molecular complexity index is 806. The summed E-state index contributed by atoms with van der Waals surface area (Å²) in [7, 11) is 0. The normalized spacial score (nSPS) is 17.1. The Morgan fingerprint density at radius 3 is 2.88 bits per heavy atom. The van der Waals surface area contributed by atoms with Crippen molar-refractivity contribution >= 4 is 23.3 Å². The number of alkyl halides is 3. The van der Waals surface area contributed by atoms with Crippen molar-refractivity contribution in [3.05, 3.63) is 46.9 Å². The Morgan fingerprint density at radius 1 is 1.42 bits per heavy atom. The molecule has 1 aliphatic heterocycles. The van der Waals surface area contributed by atoms with Gasteiger partial charge in [-0.2, -0.15) is 13.2 Å². The Balaban J connectivity index is 1.56. The second-order valence-corrected chi connectivity index (χ2v) is 6.53. The molecule has 0 radical (unpaired) electrons. The van der Waals surface area contributed by atoms with Gasteiger partial charge in [0.1, 0.15) is 5.82 Å². The summed E-state index contributed by atoms with van der Waals surface area (Å²) in [6.07, 6.45) is -1.58. The molecule has 2 aromatic heterocycles. The highest BCUT2D eigenvalue weighted by Gasteiger charge is 2.31. The van der Waals surface area contributed by atoms with Gasteiger partial charge >= 0.3 is 6.18 Å². The zero-order valence-corrected chi connectivity index (χ0v) is 14.8. The van der Waals surface area contributed by atoms with E-state index in [9.17, 15) is 18.0 Å². The first-order valence-corrected chi connectivity index (χ1v) is 8.56. The highest BCUT2D eigenvalue weighted by atomic mass is 35.5. The van der Waals surface area contributed by atoms with Crippen molar-refractivity contribution < 1.29 is 18.0 Å². The first-order valence-electron chi connectivity index (χ1n) is 8.18. The molecule has 26 heavy (non-hydrogen) atoms. The number of amides is 1. The summed E-state index contributed by atoms with van der Waals surface area (Å²) in [4.78, 5) is 18.0. The fourth-order valence-electron chi connectivity index (χ4n) is 3.07. The van der Waals surface area contributed by atoms with Gasteiger partial charge in [0.2, 0.25) is 5.91 Å². The van der Waals surface area contributed by atoms with E-state index in [1.807, 2.05) is 25.3 Å². The molecule has 0 saturated heterocycles. The Kier molecular flexibility index (Phi) is 5.13. The molecule has 1 N–H and O–H groups in total. The van der Waals surface area contributed by atoms with Crippen molar-refractivity contribution in [2.24, 2.45) is 0 Å². The van der Waals surface area contributed by atoms with Crippen molar-refractivity contribution in [2.75, 3.05) is 18.4 Å². The van der Waals surface area contributed by atoms with Gasteiger partial charge in [-0.3, -0.25) is 4.79 Å². The number of rotatable bonds is 4. The Hall–Kier alpha value is -2.22. The number of hydrogen-bond acceptors (Lipinski definition) is 3. The monoisotopic (exact) mass is 386 g/mol. The molecule has 0 aliphatic carbocycles. The minimum Gasteiger partial charge on any atom is -0.368 e. The lowest BCUT2D eigenvalue weighted by atomic mass is 10.1. The van der Waals surface area contributed by atoms with Gasteiger partial charge in [0.15, 0.2) is 0 Å². The lowest BCUT2D eigenvalue weighted by molar-refractivity contribution is -0.138. The summed E-state index contributed by atoms with van der Waals surface area (Å²) >= 11 is 5.84. The van der Waals surface area contributed by atoms with E-state index < -0.39 is 11.7 Å². The molecule has 3 rings (SSSR count). The van der Waals surface area contributed by atoms with Crippen molar-refractivity contribution in [3.8, 4) is 0 Å². The molecule has 0 spiro atoms. The number of pyridine rings is 1. The standard InChI is InChI=1S/C17H18ClF3N4O/c1-11-14-3-2-6-24(14)7-8-25(11)15(26)4-5-22-16-13(18)9-12(10-23-16)17(19,20)21/h2-3,6,9-11H,4-5,7-8H2,1H3,(H,22,23). The molecule has 1 atom stereocenters. The molecule has 1 unspecified atom stereocenters. The van der Waals surface area contributed by atoms with Crippen LogP contribution in [0.4, 0.5) is 19.0 Å². The number of aromatic nitrogens is 2. The van der Waals surface area contributed by atoms with Gasteiger partial charge in [0.05, 0.1) is 16.6 Å². The van der Waals surface area contributed by atoms with Crippen LogP contribution in [0.15, 0.2) is 30.6 Å². The molecule has 1 aliphatic rings. The number of halogens is 4. The maximum Gasteiger partial charge on any atom is 0.417 e. The number of nitrogens with one attached hydrogen (secondary N) is 1. The van der Waals surface area contributed by atoms with E-state index >= 15 is 0 Å². The molecular formula is C17H18ClF3N4O. The van der Waals surface area contributed by atoms with E-state index in [2.05, 4.69) is 14.9 Å². The molecule has 140 valence electrons. The number of carbonyl (C=O) groups excluding carboxylic acids is 1. The minimum absolute atomic E-state index is 0.0148. The van der Waals surface area contributed by atoms with E-state index in [0.29, 0.717) is 6.54 Å². The molecule has 5 nitrogen and oxygen atoms in total. The second kappa shape index (κ2) is 7.19. The van der Waals surface area contributed by atoms with Gasteiger partial charge in [-0.05, 0) is 25.1 Å². The number of anilines is 1. The summed E-state index contributed by atoms with van der Waals surface area (Å²) < 4.78 is 40.0. The van der Waals surface area contributed by atoms with Gasteiger partial charge in [0, 0.05) is 44.1 Å². The quantitative estimate of drug-likeness (QED) is 0.865. The van der Waals surface area contributed by atoms with Crippen LogP contribution < -0.4 is 5.32 Å². The summed E-state index contributed by atoms with van der Waals surface area (Å²) in [5, 5.41) is 2.70. The number of carbonyl (C=O) groups is 1. The van der Waals surface area contributed by atoms with Crippen molar-refractivity contribution in [2.45, 2.75) is 32.1 Å². The lowest BCUT2D eigenvalue weighted by Gasteiger charge is -2.35. The van der Waals surface area contributed by atoms with E-state index in [4.69, 9.17) is 11.6 Å². The van der Waals surface area contributed by atoms with Crippen molar-refractivity contribution in [3.63, 3.8) is 0 Å². The third kappa shape index (κ3) is 3.80. The third-order valence-electron chi connectivity index (χ3n) is 4.46. The van der Waals surface area contributed by atoms with Crippen LogP contribution in [0.5, 0.6) is 0 Å². The summed E-state index contributed by atoms with van der Waals surface area (Å²) in [5.41, 5.74) is 0.180. The maximum atomic E-state index is 12.6. The summed E-state index contributed by atoms with van der Waals surface area (Å²) in [6, 6.07) is 4.76. The van der Waals surface area contributed by atoms with Crippen molar-refractivity contribution in [1.82, 2.24) is 14.5 Å². The average molecular weight is 387 g/mol. The SMILES string of the molecule is CC1c2cccn2CCN1C(=O)CCNc1ncc(C(F)(F)F)cc1Cl. The highest BCUT2D eigenvalue weighted by Crippen LogP contribution is 2.32. The van der Waals surface area contributed by atoms with Crippen LogP contribution in [-0.4, -0.2) is 33.4 Å². The zero-order chi connectivity index (χ0) is 18.9. The van der Waals surface area contributed by atoms with Crippen LogP contribution in [0.1, 0.15) is 30.6 Å². The highest BCUT2D eigenvalue weighted by molar-refractivity contribution is 6.32. The smallest absolute Gasteiger partial charge is 0.368 e. The number of hydrogen-bond donors (Lipinski definition) is 1. The van der Waals surface area contributed by atoms with Crippen LogP contribution in [0.3, 0.4) is 0 Å². The summed E-state index contributed by atoms with van der Waals surface area (Å²) in [5.74, 6) is 0.105. The van der Waals surface area contributed by atoms with Crippen LogP contribution in [0.25, 0.3) is 0 Å². The van der Waals surface area contributed by atoms with Crippen molar-refractivity contribution in [1.29, 1.82) is 0 Å². The molecule has 0 bridgehead atoms. The molecule has 1 amide bonds. The predicted molar refractivity (Wildman–Crippen MR) is 91.9 cm³/mol. The fraction of sp³-hybridized carbons (Fsp3) is 0.412. The maximum absolute atomic E-state index is 12.6. The van der Waals surface area contributed by atoms with E-state index in [1.54, 1.807) is 4.90 Å². The largest absolute Gasteiger partial charge is 0.417 e. The molecule has 9 heteroatoms. The zero-order valence-electron chi connectivity index (χ0n) is 14.1. The fourth-order valence-corrected chi connectivity index (χ4v) is 3.31. The van der Waals surface area contributed by atoms with Crippen LogP contribution in [0.2, 0.25) is 5.02 Å². The van der Waals surface area contributed by atoms with E-state index in [0.717, 1.165) is 24.5 Å². The molecule has 3 heterocycles. The lowest BCUT2D eigenvalue weighted by Crippen LogP contribution is -2.41. The van der Waals surface area contributed by atoms with Gasteiger partial charge in [-0.1, -0.05) is 11.6 Å². The van der Waals surface area contributed by atoms with E-state index in [1.165, 1.54) is 0 Å². The molecule has 0 fully saturated rings. The van der Waals surface area contributed by atoms with Crippen LogP contribution in [-0.2, 0) is 17.5 Å². The van der Waals surface area contributed by atoms with Gasteiger partial charge < -0.3 is 14.8 Å². The predicted octanol–water partition coefficient (Wildman–Crippen LogP) is 3.96. The molecule has 0 aromatic carbocycles. The topological polar surface area (TPSA) is 50.2 Å². The number of nitrogens with zero attached hydrogens (tertiary/aromatic N) is 3. The van der Waals surface area contributed by atoms with Gasteiger partial charge in [0.25, 0.3) is 0 Å². The summed E-state index contributed by atoms with van der Waals surface area (Å²) in [6.45, 7) is 3.59. The number of fused-ring (bicyclic) bond motifs is 1. The average Bonchev–Trinajstić information content (AvgIpc) is 3.05. The first kappa shape index (κ1) is 18.6. The minimum atomic E-state index is -4.49. The second-order valence-electron chi connectivity index (χ2n) is 6.12. The van der Waals surface area contributed by atoms with Crippen LogP contribution in [0, 0.1) is 0 Å². The van der Waals surface area contributed by atoms with Crippen LogP contribution >= 0.6 is 11.6 Å². The molecule has 2 aromatic rings. The molecular weight excluding hydrogens is 369 g/mol. The first-order chi connectivity index (χ1) is 12.3. The molecule has 0 saturated carbocycles. The Labute approximate surface area is 153 Å². The van der Waals surface area contributed by atoms with Gasteiger partial charge in [-0.15, -0.1) is 0 Å². The Morgan fingerprint density at radius 2 is 2.19 bits per heavy atom. The van der Waals surface area contributed by atoms with Gasteiger partial charge in [-0.25, -0.2) is 4.98 Å². The third-order valence-corrected chi connectivity index (χ3v) is 4.75. The van der Waals surface area contributed by atoms with E-state index in [-0.39, 0.29) is 35.8 Å².